The van der Waals surface area contributed by atoms with Crippen LogP contribution in [0, 0.1) is 0 Å². The molecule has 0 radical (unpaired) electrons. The summed E-state index contributed by atoms with van der Waals surface area (Å²) in [7, 11) is 0. The highest BCUT2D eigenvalue weighted by molar-refractivity contribution is 7.99. The van der Waals surface area contributed by atoms with Gasteiger partial charge in [-0.3, -0.25) is 9.69 Å². The Kier molecular flexibility index (Phi) is 8.01. The molecule has 1 aromatic heterocycles. The fourth-order valence-corrected chi connectivity index (χ4v) is 5.06. The number of anilines is 2. The van der Waals surface area contributed by atoms with E-state index in [0.29, 0.717) is 24.3 Å². The summed E-state index contributed by atoms with van der Waals surface area (Å²) in [5.74, 6) is 0.737. The van der Waals surface area contributed by atoms with E-state index in [4.69, 9.17) is 0 Å². The van der Waals surface area contributed by atoms with E-state index in [1.807, 2.05) is 12.1 Å². The van der Waals surface area contributed by atoms with Crippen molar-refractivity contribution in [1.82, 2.24) is 15.2 Å². The molecule has 2 aromatic rings. The second-order valence-electron chi connectivity index (χ2n) is 8.20. The molecular weight excluding hydrogens is 422 g/mol. The standard InChI is InChI=1S/C24H31N5O2S/c30-22(25-13-6-16-28-14-3-1-2-4-15-28)19-8-10-20(11-9-19)27-24(31)29-17-18-32-23-21(29)7-5-12-26-23/h5,7-12H,1-4,6,13-18H2,(H,25,30)(H,27,31). The number of carbonyl (C=O) groups excluding carboxylic acids is 2. The number of hydrogen-bond donors (Lipinski definition) is 2. The molecule has 0 spiro atoms. The second kappa shape index (κ2) is 11.3. The lowest BCUT2D eigenvalue weighted by Crippen LogP contribution is -2.38. The zero-order chi connectivity index (χ0) is 22.2. The van der Waals surface area contributed by atoms with Gasteiger partial charge in [0.15, 0.2) is 0 Å². The molecule has 3 heterocycles. The van der Waals surface area contributed by atoms with Crippen LogP contribution in [0.1, 0.15) is 42.5 Å². The Hall–Kier alpha value is -2.58. The number of likely N-dealkylation sites (tertiary alicyclic amines) is 1. The highest BCUT2D eigenvalue weighted by atomic mass is 32.2. The molecule has 2 N–H and O–H groups in total. The van der Waals surface area contributed by atoms with Gasteiger partial charge in [0.05, 0.1) is 5.69 Å². The normalized spacial score (nSPS) is 16.7. The number of carbonyl (C=O) groups is 2. The third-order valence-corrected chi connectivity index (χ3v) is 6.85. The minimum atomic E-state index is -0.190. The van der Waals surface area contributed by atoms with Crippen molar-refractivity contribution in [3.63, 3.8) is 0 Å². The third-order valence-electron chi connectivity index (χ3n) is 5.87. The quantitative estimate of drug-likeness (QED) is 0.641. The fraction of sp³-hybridized carbons (Fsp3) is 0.458. The summed E-state index contributed by atoms with van der Waals surface area (Å²) in [6, 6.07) is 10.6. The zero-order valence-electron chi connectivity index (χ0n) is 18.4. The number of urea groups is 1. The minimum Gasteiger partial charge on any atom is -0.352 e. The number of pyridine rings is 1. The first kappa shape index (κ1) is 22.6. The molecule has 170 valence electrons. The first-order valence-electron chi connectivity index (χ1n) is 11.5. The van der Waals surface area contributed by atoms with Gasteiger partial charge in [0.2, 0.25) is 0 Å². The van der Waals surface area contributed by atoms with E-state index in [1.54, 1.807) is 47.1 Å². The van der Waals surface area contributed by atoms with Crippen LogP contribution in [0.5, 0.6) is 0 Å². The summed E-state index contributed by atoms with van der Waals surface area (Å²) < 4.78 is 0. The van der Waals surface area contributed by atoms with Crippen molar-refractivity contribution >= 4 is 35.1 Å². The highest BCUT2D eigenvalue weighted by Crippen LogP contribution is 2.32. The van der Waals surface area contributed by atoms with Crippen LogP contribution in [0.15, 0.2) is 47.6 Å². The molecule has 3 amide bonds. The van der Waals surface area contributed by atoms with Crippen LogP contribution >= 0.6 is 11.8 Å². The van der Waals surface area contributed by atoms with Crippen molar-refractivity contribution in [3.05, 3.63) is 48.2 Å². The van der Waals surface area contributed by atoms with E-state index in [0.717, 1.165) is 29.4 Å². The Balaban J connectivity index is 1.24. The number of thioether (sulfide) groups is 1. The van der Waals surface area contributed by atoms with Gasteiger partial charge in [-0.05, 0) is 75.3 Å². The second-order valence-corrected chi connectivity index (χ2v) is 9.28. The minimum absolute atomic E-state index is 0.0770. The van der Waals surface area contributed by atoms with E-state index in [9.17, 15) is 9.59 Å². The van der Waals surface area contributed by atoms with Crippen molar-refractivity contribution in [1.29, 1.82) is 0 Å². The molecule has 0 saturated carbocycles. The monoisotopic (exact) mass is 453 g/mol. The van der Waals surface area contributed by atoms with Gasteiger partial charge in [0.1, 0.15) is 5.03 Å². The zero-order valence-corrected chi connectivity index (χ0v) is 19.2. The SMILES string of the molecule is O=C(NCCCN1CCCCCC1)c1ccc(NC(=O)N2CCSc3ncccc32)cc1. The molecule has 1 saturated heterocycles. The van der Waals surface area contributed by atoms with Gasteiger partial charge >= 0.3 is 6.03 Å². The highest BCUT2D eigenvalue weighted by Gasteiger charge is 2.23. The maximum Gasteiger partial charge on any atom is 0.326 e. The lowest BCUT2D eigenvalue weighted by Gasteiger charge is -2.28. The van der Waals surface area contributed by atoms with Crippen molar-refractivity contribution in [2.45, 2.75) is 37.1 Å². The van der Waals surface area contributed by atoms with Gasteiger partial charge in [-0.1, -0.05) is 12.8 Å². The Bertz CT molecular complexity index is 913. The van der Waals surface area contributed by atoms with Gasteiger partial charge in [0.25, 0.3) is 5.91 Å². The van der Waals surface area contributed by atoms with Crippen LogP contribution < -0.4 is 15.5 Å². The van der Waals surface area contributed by atoms with Crippen LogP contribution in [0.25, 0.3) is 0 Å². The number of nitrogens with one attached hydrogen (secondary N) is 2. The average molecular weight is 454 g/mol. The summed E-state index contributed by atoms with van der Waals surface area (Å²) >= 11 is 1.66. The molecule has 7 nitrogen and oxygen atoms in total. The molecular formula is C24H31N5O2S. The number of nitrogens with zero attached hydrogens (tertiary/aromatic N) is 3. The van der Waals surface area contributed by atoms with Crippen molar-refractivity contribution in [3.8, 4) is 0 Å². The fourth-order valence-electron chi connectivity index (χ4n) is 4.13. The predicted octanol–water partition coefficient (Wildman–Crippen LogP) is 4.22. The number of rotatable bonds is 6. The van der Waals surface area contributed by atoms with E-state index in [-0.39, 0.29) is 11.9 Å². The molecule has 4 rings (SSSR count). The molecule has 8 heteroatoms. The third kappa shape index (κ3) is 6.01. The Morgan fingerprint density at radius 1 is 1.00 bits per heavy atom. The van der Waals surface area contributed by atoms with Crippen molar-refractivity contribution < 1.29 is 9.59 Å². The van der Waals surface area contributed by atoms with E-state index < -0.39 is 0 Å². The van der Waals surface area contributed by atoms with Gasteiger partial charge in [-0.25, -0.2) is 9.78 Å². The van der Waals surface area contributed by atoms with E-state index in [1.165, 1.54) is 38.8 Å². The smallest absolute Gasteiger partial charge is 0.326 e. The van der Waals surface area contributed by atoms with Crippen molar-refractivity contribution in [2.75, 3.05) is 48.7 Å². The van der Waals surface area contributed by atoms with E-state index >= 15 is 0 Å². The average Bonchev–Trinajstić information content (AvgIpc) is 3.10. The van der Waals surface area contributed by atoms with Crippen LogP contribution in [0.2, 0.25) is 0 Å². The number of fused-ring (bicyclic) bond motifs is 1. The molecule has 2 aliphatic heterocycles. The van der Waals surface area contributed by atoms with Crippen LogP contribution in [-0.4, -0.2) is 60.3 Å². The van der Waals surface area contributed by atoms with Gasteiger partial charge in [0, 0.05) is 36.3 Å². The molecule has 0 aliphatic carbocycles. The maximum atomic E-state index is 12.8. The summed E-state index contributed by atoms with van der Waals surface area (Å²) in [6.45, 7) is 4.71. The number of amides is 3. The number of aromatic nitrogens is 1. The summed E-state index contributed by atoms with van der Waals surface area (Å²) in [5.41, 5.74) is 2.09. The van der Waals surface area contributed by atoms with Crippen LogP contribution in [0.4, 0.5) is 16.2 Å². The summed E-state index contributed by atoms with van der Waals surface area (Å²) in [5, 5.41) is 6.80. The molecule has 1 fully saturated rings. The van der Waals surface area contributed by atoms with Gasteiger partial charge < -0.3 is 15.5 Å². The molecule has 0 bridgehead atoms. The topological polar surface area (TPSA) is 77.6 Å². The van der Waals surface area contributed by atoms with E-state index in [2.05, 4.69) is 20.5 Å². The van der Waals surface area contributed by atoms with Gasteiger partial charge in [-0.15, -0.1) is 11.8 Å². The Labute approximate surface area is 194 Å². The lowest BCUT2D eigenvalue weighted by atomic mass is 10.2. The molecule has 2 aliphatic rings. The van der Waals surface area contributed by atoms with Crippen LogP contribution in [-0.2, 0) is 0 Å². The maximum absolute atomic E-state index is 12.8. The molecule has 32 heavy (non-hydrogen) atoms. The molecule has 0 atom stereocenters. The number of hydrogen-bond acceptors (Lipinski definition) is 5. The first-order chi connectivity index (χ1) is 15.7. The summed E-state index contributed by atoms with van der Waals surface area (Å²) in [4.78, 5) is 33.8. The first-order valence-corrected chi connectivity index (χ1v) is 12.5. The molecule has 1 aromatic carbocycles. The van der Waals surface area contributed by atoms with Gasteiger partial charge in [-0.2, -0.15) is 0 Å². The Morgan fingerprint density at radius 2 is 1.78 bits per heavy atom. The molecule has 0 unspecified atom stereocenters. The number of benzene rings is 1. The Morgan fingerprint density at radius 3 is 2.56 bits per heavy atom. The van der Waals surface area contributed by atoms with Crippen molar-refractivity contribution in [2.24, 2.45) is 0 Å². The predicted molar refractivity (Wildman–Crippen MR) is 130 cm³/mol. The largest absolute Gasteiger partial charge is 0.352 e. The summed E-state index contributed by atoms with van der Waals surface area (Å²) in [6.07, 6.45) is 7.96. The van der Waals surface area contributed by atoms with Crippen LogP contribution in [0.3, 0.4) is 0 Å². The lowest BCUT2D eigenvalue weighted by molar-refractivity contribution is 0.0951.